The van der Waals surface area contributed by atoms with Crippen molar-refractivity contribution in [1.29, 1.82) is 0 Å². The van der Waals surface area contributed by atoms with E-state index in [0.29, 0.717) is 24.8 Å². The summed E-state index contributed by atoms with van der Waals surface area (Å²) in [4.78, 5) is 0. The minimum atomic E-state index is 0.466. The van der Waals surface area contributed by atoms with Crippen molar-refractivity contribution in [3.8, 4) is 11.6 Å². The maximum Gasteiger partial charge on any atom is 0.276 e. The lowest BCUT2D eigenvalue weighted by Gasteiger charge is -2.11. The number of nitrogens with zero attached hydrogens (tertiary/aromatic N) is 2. The highest BCUT2D eigenvalue weighted by Crippen LogP contribution is 2.25. The summed E-state index contributed by atoms with van der Waals surface area (Å²) in [6, 6.07) is 9.49. The quantitative estimate of drug-likeness (QED) is 0.513. The second-order valence-electron chi connectivity index (χ2n) is 5.73. The number of halogens is 1. The van der Waals surface area contributed by atoms with Crippen molar-refractivity contribution in [1.82, 2.24) is 10.2 Å². The third-order valence-corrected chi connectivity index (χ3v) is 3.81. The lowest BCUT2D eigenvalue weighted by molar-refractivity contribution is 0.250. The van der Waals surface area contributed by atoms with Crippen LogP contribution < -0.4 is 9.47 Å². The van der Waals surface area contributed by atoms with Crippen molar-refractivity contribution in [3.05, 3.63) is 46.6 Å². The molecule has 1 aromatic carbocycles. The summed E-state index contributed by atoms with van der Waals surface area (Å²) in [7, 11) is 0. The Bertz CT molecular complexity index is 672. The van der Waals surface area contributed by atoms with E-state index in [9.17, 15) is 0 Å². The van der Waals surface area contributed by atoms with Gasteiger partial charge in [0.2, 0.25) is 0 Å². The molecule has 0 unspecified atom stereocenters. The fourth-order valence-electron chi connectivity index (χ4n) is 2.06. The maximum absolute atomic E-state index is 5.90. The molecular weight excluding hydrogens is 336 g/mol. The van der Waals surface area contributed by atoms with Gasteiger partial charge >= 0.3 is 0 Å². The van der Waals surface area contributed by atoms with E-state index in [2.05, 4.69) is 24.0 Å². The second kappa shape index (κ2) is 10.7. The van der Waals surface area contributed by atoms with Gasteiger partial charge in [0.25, 0.3) is 5.88 Å². The Kier molecular flexibility index (Phi) is 8.26. The fourth-order valence-corrected chi connectivity index (χ4v) is 2.18. The first-order valence-electron chi connectivity index (χ1n) is 8.80. The van der Waals surface area contributed by atoms with Gasteiger partial charge in [-0.3, -0.25) is 0 Å². The van der Waals surface area contributed by atoms with Crippen molar-refractivity contribution in [2.24, 2.45) is 0 Å². The molecule has 0 aliphatic carbocycles. The molecule has 0 saturated carbocycles. The molecule has 0 atom stereocenters. The van der Waals surface area contributed by atoms with Crippen LogP contribution in [-0.4, -0.2) is 23.4 Å². The first kappa shape index (κ1) is 19.3. The van der Waals surface area contributed by atoms with Gasteiger partial charge < -0.3 is 9.47 Å². The zero-order valence-electron chi connectivity index (χ0n) is 14.9. The number of unbranched alkanes of at least 4 members (excludes halogenated alkanes) is 2. The monoisotopic (exact) mass is 360 g/mol. The van der Waals surface area contributed by atoms with Crippen LogP contribution in [0.2, 0.25) is 5.02 Å². The molecule has 0 radical (unpaired) electrons. The number of aromatic nitrogens is 2. The second-order valence-corrected chi connectivity index (χ2v) is 6.16. The molecule has 0 amide bonds. The fraction of sp³-hybridized carbons (Fsp3) is 0.400. The Hall–Kier alpha value is -2.07. The standard InChI is InChI=1S/C20H25ClN2O2/c1-3-5-13-24-19-15-18(22-23-20(19)25-14-6-4-2)12-9-16-7-10-17(21)11-8-16/h7-12,15H,3-6,13-14H2,1-2H3/b12-9+. The summed E-state index contributed by atoms with van der Waals surface area (Å²) in [6.07, 6.45) is 7.99. The highest BCUT2D eigenvalue weighted by Gasteiger charge is 2.09. The van der Waals surface area contributed by atoms with E-state index >= 15 is 0 Å². The Labute approximate surface area is 154 Å². The van der Waals surface area contributed by atoms with Crippen molar-refractivity contribution < 1.29 is 9.47 Å². The molecule has 0 spiro atoms. The molecule has 0 bridgehead atoms. The zero-order chi connectivity index (χ0) is 17.9. The van der Waals surface area contributed by atoms with Gasteiger partial charge in [-0.05, 0) is 36.6 Å². The van der Waals surface area contributed by atoms with Gasteiger partial charge in [-0.15, -0.1) is 10.2 Å². The van der Waals surface area contributed by atoms with Gasteiger partial charge in [0.15, 0.2) is 5.75 Å². The molecule has 134 valence electrons. The average Bonchev–Trinajstić information content (AvgIpc) is 2.63. The van der Waals surface area contributed by atoms with Crippen LogP contribution in [0.5, 0.6) is 11.6 Å². The number of hydrogen-bond acceptors (Lipinski definition) is 4. The summed E-state index contributed by atoms with van der Waals surface area (Å²) in [5, 5.41) is 9.12. The minimum Gasteiger partial charge on any atom is -0.488 e. The summed E-state index contributed by atoms with van der Waals surface area (Å²) in [6.45, 7) is 5.52. The van der Waals surface area contributed by atoms with Gasteiger partial charge in [-0.2, -0.15) is 0 Å². The molecule has 4 nitrogen and oxygen atoms in total. The predicted molar refractivity (Wildman–Crippen MR) is 103 cm³/mol. The molecule has 0 aliphatic rings. The lowest BCUT2D eigenvalue weighted by Crippen LogP contribution is -2.05. The summed E-state index contributed by atoms with van der Waals surface area (Å²) >= 11 is 5.90. The van der Waals surface area contributed by atoms with Crippen molar-refractivity contribution in [2.45, 2.75) is 39.5 Å². The van der Waals surface area contributed by atoms with Crippen LogP contribution in [0.25, 0.3) is 12.2 Å². The summed E-state index contributed by atoms with van der Waals surface area (Å²) in [5.41, 5.74) is 1.77. The lowest BCUT2D eigenvalue weighted by atomic mass is 10.2. The minimum absolute atomic E-state index is 0.466. The van der Waals surface area contributed by atoms with Crippen molar-refractivity contribution in [2.75, 3.05) is 13.2 Å². The third-order valence-electron chi connectivity index (χ3n) is 3.55. The molecule has 1 heterocycles. The summed E-state index contributed by atoms with van der Waals surface area (Å²) < 4.78 is 11.5. The maximum atomic E-state index is 5.90. The first-order chi connectivity index (χ1) is 12.2. The van der Waals surface area contributed by atoms with Gasteiger partial charge in [0.1, 0.15) is 0 Å². The smallest absolute Gasteiger partial charge is 0.276 e. The van der Waals surface area contributed by atoms with Gasteiger partial charge in [-0.25, -0.2) is 0 Å². The van der Waals surface area contributed by atoms with Gasteiger partial charge in [0, 0.05) is 11.1 Å². The summed E-state index contributed by atoms with van der Waals surface area (Å²) in [5.74, 6) is 1.11. The van der Waals surface area contributed by atoms with Crippen LogP contribution >= 0.6 is 11.6 Å². The van der Waals surface area contributed by atoms with Crippen molar-refractivity contribution in [3.63, 3.8) is 0 Å². The molecule has 2 aromatic rings. The van der Waals surface area contributed by atoms with E-state index in [1.807, 2.05) is 42.5 Å². The Balaban J connectivity index is 2.11. The molecule has 5 heteroatoms. The molecule has 0 fully saturated rings. The molecule has 0 N–H and O–H groups in total. The number of ether oxygens (including phenoxy) is 2. The van der Waals surface area contributed by atoms with Gasteiger partial charge in [0.05, 0.1) is 18.9 Å². The van der Waals surface area contributed by atoms with E-state index in [0.717, 1.165) is 42.0 Å². The highest BCUT2D eigenvalue weighted by molar-refractivity contribution is 6.30. The van der Waals surface area contributed by atoms with Crippen molar-refractivity contribution >= 4 is 23.8 Å². The molecule has 0 saturated heterocycles. The molecule has 1 aromatic heterocycles. The first-order valence-corrected chi connectivity index (χ1v) is 9.17. The number of hydrogen-bond donors (Lipinski definition) is 0. The largest absolute Gasteiger partial charge is 0.488 e. The van der Waals surface area contributed by atoms with Crippen LogP contribution in [-0.2, 0) is 0 Å². The van der Waals surface area contributed by atoms with E-state index in [-0.39, 0.29) is 0 Å². The molecule has 25 heavy (non-hydrogen) atoms. The molecular formula is C20H25ClN2O2. The van der Waals surface area contributed by atoms with Crippen LogP contribution in [0.3, 0.4) is 0 Å². The highest BCUT2D eigenvalue weighted by atomic mass is 35.5. The normalized spacial score (nSPS) is 11.0. The van der Waals surface area contributed by atoms with E-state index in [1.54, 1.807) is 0 Å². The zero-order valence-corrected chi connectivity index (χ0v) is 15.6. The van der Waals surface area contributed by atoms with Crippen LogP contribution in [0, 0.1) is 0 Å². The Morgan fingerprint density at radius 3 is 2.28 bits per heavy atom. The predicted octanol–water partition coefficient (Wildman–Crippen LogP) is 5.66. The van der Waals surface area contributed by atoms with E-state index < -0.39 is 0 Å². The Morgan fingerprint density at radius 1 is 0.920 bits per heavy atom. The van der Waals surface area contributed by atoms with E-state index in [1.165, 1.54) is 0 Å². The third kappa shape index (κ3) is 6.75. The average molecular weight is 361 g/mol. The SMILES string of the molecule is CCCCOc1cc(/C=C/c2ccc(Cl)cc2)nnc1OCCCC. The van der Waals surface area contributed by atoms with Gasteiger partial charge in [-0.1, -0.05) is 56.5 Å². The topological polar surface area (TPSA) is 44.2 Å². The van der Waals surface area contributed by atoms with Crippen LogP contribution in [0.15, 0.2) is 30.3 Å². The molecule has 0 aliphatic heterocycles. The number of benzene rings is 1. The Morgan fingerprint density at radius 2 is 1.60 bits per heavy atom. The molecule has 2 rings (SSSR count). The van der Waals surface area contributed by atoms with Crippen LogP contribution in [0.1, 0.15) is 50.8 Å². The van der Waals surface area contributed by atoms with Crippen LogP contribution in [0.4, 0.5) is 0 Å². The number of rotatable bonds is 10. The van der Waals surface area contributed by atoms with E-state index in [4.69, 9.17) is 21.1 Å².